The highest BCUT2D eigenvalue weighted by atomic mass is 35.5. The third kappa shape index (κ3) is 2.77. The number of fused-ring (bicyclic) bond motifs is 4. The van der Waals surface area contributed by atoms with Crippen LogP contribution in [-0.4, -0.2) is 46.6 Å². The van der Waals surface area contributed by atoms with Gasteiger partial charge in [0.2, 0.25) is 5.72 Å². The molecular formula is C21H22ClN3O2. The van der Waals surface area contributed by atoms with E-state index in [9.17, 15) is 5.11 Å². The molecule has 1 saturated heterocycles. The van der Waals surface area contributed by atoms with Crippen LogP contribution in [0.2, 0.25) is 5.02 Å². The third-order valence-corrected chi connectivity index (χ3v) is 6.14. The number of phenols is 1. The van der Waals surface area contributed by atoms with E-state index in [0.717, 1.165) is 54.9 Å². The van der Waals surface area contributed by atoms with E-state index in [4.69, 9.17) is 21.4 Å². The number of halogens is 1. The standard InChI is InChI=1S/C21H22ClN3O2/c1-24-9-7-21(8-10-24)25-19(17-12-15(22)5-6-20(17)27-21)13-18(23-25)14-3-2-4-16(26)11-14/h2-6,11-12,19,26H,7-10,13H2,1H3/t19-/m1/s1. The average Bonchev–Trinajstić information content (AvgIpc) is 3.12. The summed E-state index contributed by atoms with van der Waals surface area (Å²) < 4.78 is 6.57. The van der Waals surface area contributed by atoms with Crippen LogP contribution < -0.4 is 4.74 Å². The zero-order valence-electron chi connectivity index (χ0n) is 15.2. The maximum Gasteiger partial charge on any atom is 0.200 e. The Kier molecular flexibility index (Phi) is 3.85. The largest absolute Gasteiger partial charge is 0.508 e. The number of ether oxygens (including phenoxy) is 1. The van der Waals surface area contributed by atoms with Crippen LogP contribution in [0, 0.1) is 0 Å². The topological polar surface area (TPSA) is 48.3 Å². The molecule has 0 radical (unpaired) electrons. The molecule has 0 aliphatic carbocycles. The van der Waals surface area contributed by atoms with Crippen LogP contribution in [0.5, 0.6) is 11.5 Å². The third-order valence-electron chi connectivity index (χ3n) is 5.91. The smallest absolute Gasteiger partial charge is 0.200 e. The first-order valence-corrected chi connectivity index (χ1v) is 9.75. The first kappa shape index (κ1) is 16.9. The Balaban J connectivity index is 1.60. The molecule has 27 heavy (non-hydrogen) atoms. The van der Waals surface area contributed by atoms with E-state index < -0.39 is 5.72 Å². The van der Waals surface area contributed by atoms with Crippen LogP contribution in [0.25, 0.3) is 0 Å². The van der Waals surface area contributed by atoms with Crippen LogP contribution in [0.15, 0.2) is 47.6 Å². The molecule has 140 valence electrons. The summed E-state index contributed by atoms with van der Waals surface area (Å²) in [6.45, 7) is 1.95. The first-order valence-electron chi connectivity index (χ1n) is 9.37. The molecule has 1 N–H and O–H groups in total. The van der Waals surface area contributed by atoms with Gasteiger partial charge in [-0.1, -0.05) is 23.7 Å². The Labute approximate surface area is 163 Å². The molecular weight excluding hydrogens is 362 g/mol. The lowest BCUT2D eigenvalue weighted by atomic mass is 9.91. The van der Waals surface area contributed by atoms with Crippen LogP contribution in [-0.2, 0) is 0 Å². The zero-order valence-corrected chi connectivity index (χ0v) is 16.0. The van der Waals surface area contributed by atoms with E-state index in [1.165, 1.54) is 0 Å². The quantitative estimate of drug-likeness (QED) is 0.808. The molecule has 0 amide bonds. The molecule has 1 fully saturated rings. The minimum absolute atomic E-state index is 0.105. The van der Waals surface area contributed by atoms with Crippen molar-refractivity contribution in [3.63, 3.8) is 0 Å². The number of likely N-dealkylation sites (tertiary alicyclic amines) is 1. The fourth-order valence-electron chi connectivity index (χ4n) is 4.41. The Morgan fingerprint density at radius 3 is 2.78 bits per heavy atom. The molecule has 1 spiro atoms. The fourth-order valence-corrected chi connectivity index (χ4v) is 4.59. The molecule has 0 aromatic heterocycles. The summed E-state index contributed by atoms with van der Waals surface area (Å²) in [4.78, 5) is 2.33. The molecule has 3 aliphatic rings. The van der Waals surface area contributed by atoms with Crippen molar-refractivity contribution in [2.24, 2.45) is 5.10 Å². The number of hydrogen-bond donors (Lipinski definition) is 1. The molecule has 5 nitrogen and oxygen atoms in total. The summed E-state index contributed by atoms with van der Waals surface area (Å²) in [6, 6.07) is 13.3. The Hall–Kier alpha value is -2.24. The van der Waals surface area contributed by atoms with Crippen molar-refractivity contribution in [1.82, 2.24) is 9.91 Å². The van der Waals surface area contributed by atoms with Gasteiger partial charge >= 0.3 is 0 Å². The highest BCUT2D eigenvalue weighted by molar-refractivity contribution is 6.30. The molecule has 5 rings (SSSR count). The molecule has 2 aromatic rings. The predicted octanol–water partition coefficient (Wildman–Crippen LogP) is 4.01. The highest BCUT2D eigenvalue weighted by Crippen LogP contribution is 2.50. The monoisotopic (exact) mass is 383 g/mol. The molecule has 1 atom stereocenters. The lowest BCUT2D eigenvalue weighted by Gasteiger charge is -2.50. The van der Waals surface area contributed by atoms with Gasteiger partial charge in [-0.15, -0.1) is 0 Å². The first-order chi connectivity index (χ1) is 13.0. The number of phenolic OH excluding ortho intramolecular Hbond substituents is 1. The molecule has 0 unspecified atom stereocenters. The van der Waals surface area contributed by atoms with Crippen molar-refractivity contribution < 1.29 is 9.84 Å². The van der Waals surface area contributed by atoms with Gasteiger partial charge in [0.25, 0.3) is 0 Å². The Bertz CT molecular complexity index is 921. The zero-order chi connectivity index (χ0) is 18.6. The number of nitrogens with zero attached hydrogens (tertiary/aromatic N) is 3. The van der Waals surface area contributed by atoms with Crippen molar-refractivity contribution in [3.05, 3.63) is 58.6 Å². The van der Waals surface area contributed by atoms with Gasteiger partial charge in [0, 0.05) is 48.5 Å². The summed E-state index contributed by atoms with van der Waals surface area (Å²) in [7, 11) is 2.15. The lowest BCUT2D eigenvalue weighted by Crippen LogP contribution is -2.58. The van der Waals surface area contributed by atoms with Crippen molar-refractivity contribution in [3.8, 4) is 11.5 Å². The molecule has 0 saturated carbocycles. The van der Waals surface area contributed by atoms with Gasteiger partial charge in [-0.25, -0.2) is 5.01 Å². The van der Waals surface area contributed by atoms with E-state index >= 15 is 0 Å². The SMILES string of the molecule is CN1CCC2(CC1)Oc1ccc(Cl)cc1[C@H]1CC(c3cccc(O)c3)=NN12. The Morgan fingerprint density at radius 1 is 1.19 bits per heavy atom. The molecule has 3 aliphatic heterocycles. The van der Waals surface area contributed by atoms with Gasteiger partial charge in [0.15, 0.2) is 0 Å². The second kappa shape index (κ2) is 6.14. The average molecular weight is 384 g/mol. The van der Waals surface area contributed by atoms with Crippen LogP contribution in [0.3, 0.4) is 0 Å². The second-order valence-electron chi connectivity index (χ2n) is 7.70. The van der Waals surface area contributed by atoms with Gasteiger partial charge < -0.3 is 14.7 Å². The minimum Gasteiger partial charge on any atom is -0.508 e. The molecule has 2 aromatic carbocycles. The minimum atomic E-state index is -0.420. The van der Waals surface area contributed by atoms with E-state index in [2.05, 4.69) is 17.0 Å². The summed E-state index contributed by atoms with van der Waals surface area (Å²) in [6.07, 6.45) is 2.58. The number of aromatic hydroxyl groups is 1. The Morgan fingerprint density at radius 2 is 2.00 bits per heavy atom. The van der Waals surface area contributed by atoms with E-state index in [0.29, 0.717) is 5.02 Å². The van der Waals surface area contributed by atoms with Crippen molar-refractivity contribution in [1.29, 1.82) is 0 Å². The maximum absolute atomic E-state index is 9.88. The van der Waals surface area contributed by atoms with E-state index in [1.807, 2.05) is 30.3 Å². The number of hydrazone groups is 1. The van der Waals surface area contributed by atoms with Crippen molar-refractivity contribution in [2.75, 3.05) is 20.1 Å². The molecule has 6 heteroatoms. The van der Waals surface area contributed by atoms with Crippen LogP contribution >= 0.6 is 11.6 Å². The lowest BCUT2D eigenvalue weighted by molar-refractivity contribution is -0.147. The van der Waals surface area contributed by atoms with Crippen molar-refractivity contribution in [2.45, 2.75) is 31.0 Å². The van der Waals surface area contributed by atoms with Crippen molar-refractivity contribution >= 4 is 17.3 Å². The second-order valence-corrected chi connectivity index (χ2v) is 8.13. The summed E-state index contributed by atoms with van der Waals surface area (Å²) >= 11 is 6.29. The van der Waals surface area contributed by atoms with E-state index in [1.54, 1.807) is 12.1 Å². The number of hydrogen-bond acceptors (Lipinski definition) is 5. The van der Waals surface area contributed by atoms with Crippen LogP contribution in [0.4, 0.5) is 0 Å². The summed E-state index contributed by atoms with van der Waals surface area (Å²) in [5.41, 5.74) is 2.60. The van der Waals surface area contributed by atoms with Gasteiger partial charge in [-0.3, -0.25) is 0 Å². The summed E-state index contributed by atoms with van der Waals surface area (Å²) in [5, 5.41) is 17.8. The normalized spacial score (nSPS) is 23.6. The molecule has 0 bridgehead atoms. The van der Waals surface area contributed by atoms with Crippen LogP contribution in [0.1, 0.15) is 36.4 Å². The maximum atomic E-state index is 9.88. The molecule has 3 heterocycles. The number of rotatable bonds is 1. The van der Waals surface area contributed by atoms with Gasteiger partial charge in [0.05, 0.1) is 11.8 Å². The van der Waals surface area contributed by atoms with Gasteiger partial charge in [0.1, 0.15) is 11.5 Å². The highest BCUT2D eigenvalue weighted by Gasteiger charge is 2.51. The number of benzene rings is 2. The van der Waals surface area contributed by atoms with E-state index in [-0.39, 0.29) is 11.8 Å². The number of piperidine rings is 1. The fraction of sp³-hybridized carbons (Fsp3) is 0.381. The van der Waals surface area contributed by atoms with Gasteiger partial charge in [-0.05, 0) is 37.4 Å². The summed E-state index contributed by atoms with van der Waals surface area (Å²) in [5.74, 6) is 1.17. The van der Waals surface area contributed by atoms with Gasteiger partial charge in [-0.2, -0.15) is 5.10 Å². The predicted molar refractivity (Wildman–Crippen MR) is 105 cm³/mol.